The molecule has 2 aromatic carbocycles. The number of hydrogen-bond donors (Lipinski definition) is 4. The van der Waals surface area contributed by atoms with Crippen molar-refractivity contribution in [2.24, 2.45) is 5.41 Å². The number of nitrogens with zero attached hydrogens (tertiary/aromatic N) is 1. The summed E-state index contributed by atoms with van der Waals surface area (Å²) in [6, 6.07) is 13.3. The van der Waals surface area contributed by atoms with Gasteiger partial charge >= 0.3 is 6.18 Å². The molecule has 14 heteroatoms. The number of H-pyrrole nitrogens is 1. The minimum Gasteiger partial charge on any atom is -0.343 e. The van der Waals surface area contributed by atoms with Gasteiger partial charge < -0.3 is 15.6 Å². The highest BCUT2D eigenvalue weighted by Crippen LogP contribution is 2.23. The van der Waals surface area contributed by atoms with E-state index in [9.17, 15) is 41.2 Å². The fourth-order valence-corrected chi connectivity index (χ4v) is 5.85. The van der Waals surface area contributed by atoms with E-state index in [0.29, 0.717) is 11.1 Å². The molecule has 0 saturated carbocycles. The first kappa shape index (κ1) is 34.3. The summed E-state index contributed by atoms with van der Waals surface area (Å²) in [6.45, 7) is 6.24. The molecule has 1 unspecified atom stereocenters. The van der Waals surface area contributed by atoms with Crippen LogP contribution in [0.3, 0.4) is 0 Å². The van der Waals surface area contributed by atoms with Gasteiger partial charge in [-0.1, -0.05) is 62.7 Å². The smallest absolute Gasteiger partial charge is 0.343 e. The summed E-state index contributed by atoms with van der Waals surface area (Å²) in [5.74, 6) is -4.03. The number of fused-ring (bicyclic) bond motifs is 1. The van der Waals surface area contributed by atoms with Crippen molar-refractivity contribution in [3.8, 4) is 6.07 Å². The first-order valence-corrected chi connectivity index (χ1v) is 15.3. The maximum absolute atomic E-state index is 13.5. The maximum Gasteiger partial charge on any atom is 0.404 e. The van der Waals surface area contributed by atoms with Crippen LogP contribution in [0.1, 0.15) is 37.5 Å². The standard InChI is InChI=1S/C30H34F3N5O5S/c1-18-10-11-23-20(12-18)14-21(26(39)36-23)15-22(16-34)35-27(40)24(13-19-8-6-5-7-9-19)37-28(41)25(29(2,3)4)38-44(42,43)17-30(31,32)33/h5-12,14,22,24-25,38H,13,15,17H2,1-4H3,(H,35,40)(H,36,39)(H,37,41)/t22?,24-,25+/m0/s1. The lowest BCUT2D eigenvalue weighted by Gasteiger charge is -2.32. The highest BCUT2D eigenvalue weighted by molar-refractivity contribution is 7.89. The molecule has 0 aliphatic carbocycles. The van der Waals surface area contributed by atoms with Gasteiger partial charge in [0.2, 0.25) is 21.8 Å². The molecular formula is C30H34F3N5O5S. The van der Waals surface area contributed by atoms with Gasteiger partial charge in [0.25, 0.3) is 5.56 Å². The van der Waals surface area contributed by atoms with Crippen molar-refractivity contribution in [1.29, 1.82) is 5.26 Å². The van der Waals surface area contributed by atoms with E-state index in [2.05, 4.69) is 15.6 Å². The van der Waals surface area contributed by atoms with Crippen molar-refractivity contribution in [3.63, 3.8) is 0 Å². The Labute approximate surface area is 253 Å². The Hall–Kier alpha value is -4.22. The highest BCUT2D eigenvalue weighted by Gasteiger charge is 2.41. The molecule has 0 fully saturated rings. The predicted octanol–water partition coefficient (Wildman–Crippen LogP) is 3.01. The quantitative estimate of drug-likeness (QED) is 0.254. The zero-order chi connectivity index (χ0) is 32.9. The lowest BCUT2D eigenvalue weighted by Crippen LogP contribution is -2.59. The molecule has 1 aromatic heterocycles. The van der Waals surface area contributed by atoms with Crippen LogP contribution in [-0.4, -0.2) is 55.3 Å². The summed E-state index contributed by atoms with van der Waals surface area (Å²) in [5.41, 5.74) is 0.768. The Balaban J connectivity index is 1.86. The van der Waals surface area contributed by atoms with Crippen LogP contribution in [0.2, 0.25) is 0 Å². The van der Waals surface area contributed by atoms with E-state index in [1.165, 1.54) is 20.8 Å². The van der Waals surface area contributed by atoms with E-state index in [1.54, 1.807) is 42.5 Å². The van der Waals surface area contributed by atoms with Crippen molar-refractivity contribution in [2.75, 3.05) is 5.75 Å². The van der Waals surface area contributed by atoms with Crippen LogP contribution in [0.15, 0.2) is 59.4 Å². The Morgan fingerprint density at radius 2 is 1.64 bits per heavy atom. The largest absolute Gasteiger partial charge is 0.404 e. The van der Waals surface area contributed by atoms with Crippen molar-refractivity contribution in [3.05, 3.63) is 81.6 Å². The number of rotatable bonds is 11. The summed E-state index contributed by atoms with van der Waals surface area (Å²) < 4.78 is 64.9. The summed E-state index contributed by atoms with van der Waals surface area (Å²) in [6.07, 6.45) is -5.29. The third-order valence-corrected chi connectivity index (χ3v) is 7.97. The Morgan fingerprint density at radius 3 is 2.23 bits per heavy atom. The predicted molar refractivity (Wildman–Crippen MR) is 159 cm³/mol. The molecule has 0 bridgehead atoms. The van der Waals surface area contributed by atoms with Crippen molar-refractivity contribution in [2.45, 2.75) is 64.8 Å². The molecule has 2 amide bonds. The summed E-state index contributed by atoms with van der Waals surface area (Å²) in [7, 11) is -4.97. The number of nitrogens with one attached hydrogen (secondary N) is 4. The highest BCUT2D eigenvalue weighted by atomic mass is 32.2. The molecule has 4 N–H and O–H groups in total. The Morgan fingerprint density at radius 1 is 0.977 bits per heavy atom. The van der Waals surface area contributed by atoms with E-state index in [0.717, 1.165) is 10.9 Å². The number of sulfonamides is 1. The van der Waals surface area contributed by atoms with Crippen LogP contribution in [0, 0.1) is 23.7 Å². The first-order valence-electron chi connectivity index (χ1n) is 13.6. The molecule has 3 rings (SSSR count). The van der Waals surface area contributed by atoms with Gasteiger partial charge in [0.15, 0.2) is 5.75 Å². The fourth-order valence-electron chi connectivity index (χ4n) is 4.52. The van der Waals surface area contributed by atoms with Gasteiger partial charge in [-0.15, -0.1) is 0 Å². The van der Waals surface area contributed by atoms with E-state index < -0.39 is 62.9 Å². The molecule has 3 aromatic rings. The second-order valence-corrected chi connectivity index (χ2v) is 13.4. The number of pyridine rings is 1. The molecule has 44 heavy (non-hydrogen) atoms. The number of aromatic amines is 1. The topological polar surface area (TPSA) is 161 Å². The van der Waals surface area contributed by atoms with E-state index in [4.69, 9.17) is 0 Å². The molecule has 3 atom stereocenters. The Bertz CT molecular complexity index is 1710. The Kier molecular flexibility index (Phi) is 10.6. The number of carbonyl (C=O) groups is 2. The van der Waals surface area contributed by atoms with Crippen LogP contribution in [-0.2, 0) is 32.5 Å². The average molecular weight is 634 g/mol. The molecule has 0 aliphatic heterocycles. The minimum absolute atomic E-state index is 0.0848. The average Bonchev–Trinajstić information content (AvgIpc) is 2.90. The van der Waals surface area contributed by atoms with Crippen molar-refractivity contribution >= 4 is 32.7 Å². The van der Waals surface area contributed by atoms with Crippen LogP contribution < -0.4 is 20.9 Å². The van der Waals surface area contributed by atoms with Gasteiger partial charge in [0.1, 0.15) is 18.1 Å². The normalized spacial score (nSPS) is 14.3. The summed E-state index contributed by atoms with van der Waals surface area (Å²) in [5, 5.41) is 15.5. The molecule has 0 aliphatic rings. The third-order valence-electron chi connectivity index (χ3n) is 6.67. The molecule has 1 heterocycles. The van der Waals surface area contributed by atoms with Gasteiger partial charge in [-0.2, -0.15) is 18.4 Å². The number of carbonyl (C=O) groups excluding carboxylic acids is 2. The number of amides is 2. The number of nitriles is 1. The van der Waals surface area contributed by atoms with Gasteiger partial charge in [-0.05, 0) is 41.5 Å². The van der Waals surface area contributed by atoms with Gasteiger partial charge in [0.05, 0.1) is 6.07 Å². The number of hydrogen-bond acceptors (Lipinski definition) is 6. The van der Waals surface area contributed by atoms with Crippen LogP contribution in [0.4, 0.5) is 13.2 Å². The second kappa shape index (κ2) is 13.6. The number of aromatic nitrogens is 1. The molecule has 0 saturated heterocycles. The van der Waals surface area contributed by atoms with Crippen molar-refractivity contribution in [1.82, 2.24) is 20.3 Å². The van der Waals surface area contributed by atoms with Gasteiger partial charge in [-0.3, -0.25) is 14.4 Å². The van der Waals surface area contributed by atoms with Crippen LogP contribution >= 0.6 is 0 Å². The van der Waals surface area contributed by atoms with E-state index in [1.807, 2.05) is 29.8 Å². The maximum atomic E-state index is 13.5. The monoisotopic (exact) mass is 633 g/mol. The van der Waals surface area contributed by atoms with Crippen LogP contribution in [0.25, 0.3) is 10.9 Å². The minimum atomic E-state index is -5.04. The summed E-state index contributed by atoms with van der Waals surface area (Å²) in [4.78, 5) is 42.3. The van der Waals surface area contributed by atoms with Crippen molar-refractivity contribution < 1.29 is 31.2 Å². The lowest BCUT2D eigenvalue weighted by molar-refractivity contribution is -0.131. The number of aryl methyl sites for hydroxylation is 1. The molecule has 236 valence electrons. The third kappa shape index (κ3) is 9.92. The number of alkyl halides is 3. The van der Waals surface area contributed by atoms with Gasteiger partial charge in [-0.25, -0.2) is 13.1 Å². The molecular weight excluding hydrogens is 599 g/mol. The SMILES string of the molecule is Cc1ccc2[nH]c(=O)c(CC(C#N)NC(=O)[C@H](Cc3ccccc3)NC(=O)[C@@H](NS(=O)(=O)CC(F)(F)F)C(C)(C)C)cc2c1. The second-order valence-electron chi connectivity index (χ2n) is 11.7. The fraction of sp³-hybridized carbons (Fsp3) is 0.400. The molecule has 0 radical (unpaired) electrons. The number of benzene rings is 2. The molecule has 10 nitrogen and oxygen atoms in total. The van der Waals surface area contributed by atoms with E-state index in [-0.39, 0.29) is 18.4 Å². The summed E-state index contributed by atoms with van der Waals surface area (Å²) >= 11 is 0. The zero-order valence-electron chi connectivity index (χ0n) is 24.6. The van der Waals surface area contributed by atoms with Crippen LogP contribution in [0.5, 0.6) is 0 Å². The molecule has 0 spiro atoms. The van der Waals surface area contributed by atoms with Gasteiger partial charge in [0, 0.05) is 23.9 Å². The lowest BCUT2D eigenvalue weighted by atomic mass is 9.86. The number of halogens is 3. The van der Waals surface area contributed by atoms with E-state index >= 15 is 0 Å². The zero-order valence-corrected chi connectivity index (χ0v) is 25.4. The first-order chi connectivity index (χ1) is 20.4.